The van der Waals surface area contributed by atoms with E-state index in [2.05, 4.69) is 20.6 Å². The fourth-order valence-electron chi connectivity index (χ4n) is 2.68. The number of benzene rings is 1. The van der Waals surface area contributed by atoms with Crippen molar-refractivity contribution in [2.75, 3.05) is 12.1 Å². The number of anilines is 1. The average Bonchev–Trinajstić information content (AvgIpc) is 3.35. The van der Waals surface area contributed by atoms with E-state index in [1.165, 1.54) is 0 Å². The van der Waals surface area contributed by atoms with Crippen LogP contribution in [0.15, 0.2) is 41.9 Å². The van der Waals surface area contributed by atoms with Crippen LogP contribution in [0.1, 0.15) is 26.5 Å². The molecule has 8 heteroatoms. The zero-order valence-electron chi connectivity index (χ0n) is 14.7. The Hall–Kier alpha value is -3.13. The van der Waals surface area contributed by atoms with Gasteiger partial charge in [-0.2, -0.15) is 0 Å². The zero-order valence-corrected chi connectivity index (χ0v) is 15.5. The van der Waals surface area contributed by atoms with Gasteiger partial charge in [0.15, 0.2) is 11.5 Å². The number of hydrogen-bond acceptors (Lipinski definition) is 7. The highest BCUT2D eigenvalue weighted by Crippen LogP contribution is 2.32. The zero-order chi connectivity index (χ0) is 18.6. The average molecular weight is 382 g/mol. The molecule has 2 aromatic heterocycles. The normalized spacial score (nSPS) is 12.0. The molecule has 1 amide bonds. The first-order chi connectivity index (χ1) is 13.2. The maximum absolute atomic E-state index is 12.3. The smallest absolute Gasteiger partial charge is 0.254 e. The number of fused-ring (bicyclic) bond motifs is 1. The first kappa shape index (κ1) is 17.3. The monoisotopic (exact) mass is 382 g/mol. The number of nitrogens with one attached hydrogen (secondary N) is 2. The van der Waals surface area contributed by atoms with Crippen LogP contribution in [0.2, 0.25) is 0 Å². The Morgan fingerprint density at radius 1 is 1.22 bits per heavy atom. The van der Waals surface area contributed by atoms with Crippen molar-refractivity contribution in [3.8, 4) is 11.5 Å². The van der Waals surface area contributed by atoms with Crippen LogP contribution in [0.4, 0.5) is 5.95 Å². The lowest BCUT2D eigenvalue weighted by Gasteiger charge is -2.09. The molecular formula is C19H18N4O3S. The Balaban J connectivity index is 1.37. The number of carbonyl (C=O) groups is 1. The van der Waals surface area contributed by atoms with Crippen molar-refractivity contribution in [3.63, 3.8) is 0 Å². The van der Waals surface area contributed by atoms with E-state index < -0.39 is 0 Å². The van der Waals surface area contributed by atoms with E-state index in [-0.39, 0.29) is 12.7 Å². The molecule has 3 heterocycles. The first-order valence-corrected chi connectivity index (χ1v) is 9.33. The molecule has 3 aromatic rings. The second kappa shape index (κ2) is 7.63. The number of thiophene rings is 1. The van der Waals surface area contributed by atoms with Crippen molar-refractivity contribution in [2.45, 2.75) is 20.0 Å². The molecule has 0 saturated carbocycles. The molecule has 0 fully saturated rings. The van der Waals surface area contributed by atoms with Crippen molar-refractivity contribution in [1.29, 1.82) is 0 Å². The predicted molar refractivity (Wildman–Crippen MR) is 102 cm³/mol. The van der Waals surface area contributed by atoms with Gasteiger partial charge in [-0.1, -0.05) is 12.1 Å². The molecule has 1 aliphatic heterocycles. The Labute approximate surface area is 160 Å². The molecule has 0 bridgehead atoms. The van der Waals surface area contributed by atoms with Crippen LogP contribution in [0.25, 0.3) is 0 Å². The van der Waals surface area contributed by atoms with Crippen molar-refractivity contribution < 1.29 is 14.3 Å². The summed E-state index contributed by atoms with van der Waals surface area (Å²) in [6.45, 7) is 3.10. The van der Waals surface area contributed by atoms with Gasteiger partial charge in [-0.15, -0.1) is 11.3 Å². The predicted octanol–water partition coefficient (Wildman–Crippen LogP) is 3.12. The van der Waals surface area contributed by atoms with Gasteiger partial charge >= 0.3 is 0 Å². The maximum Gasteiger partial charge on any atom is 0.254 e. The van der Waals surface area contributed by atoms with Gasteiger partial charge in [-0.25, -0.2) is 9.97 Å². The molecule has 138 valence electrons. The summed E-state index contributed by atoms with van der Waals surface area (Å²) in [4.78, 5) is 22.1. The number of aryl methyl sites for hydroxylation is 1. The van der Waals surface area contributed by atoms with Crippen LogP contribution in [0, 0.1) is 6.92 Å². The number of nitrogens with zero attached hydrogens (tertiary/aromatic N) is 2. The van der Waals surface area contributed by atoms with E-state index in [4.69, 9.17) is 9.47 Å². The fourth-order valence-corrected chi connectivity index (χ4v) is 3.33. The highest BCUT2D eigenvalue weighted by atomic mass is 32.1. The van der Waals surface area contributed by atoms with Crippen molar-refractivity contribution in [3.05, 3.63) is 63.6 Å². The van der Waals surface area contributed by atoms with Crippen molar-refractivity contribution in [1.82, 2.24) is 15.3 Å². The standard InChI is InChI=1S/C19H18N4O3S/c1-12-15(18(24)20-9-14-3-2-6-27-14)10-22-19(23-12)21-8-13-4-5-16-17(7-13)26-11-25-16/h2-7,10H,8-9,11H2,1H3,(H,20,24)(H,21,22,23). The van der Waals surface area contributed by atoms with E-state index in [9.17, 15) is 4.79 Å². The Bertz CT molecular complexity index is 960. The summed E-state index contributed by atoms with van der Waals surface area (Å²) < 4.78 is 10.7. The molecule has 0 atom stereocenters. The van der Waals surface area contributed by atoms with E-state index in [1.807, 2.05) is 35.7 Å². The number of rotatable bonds is 6. The van der Waals surface area contributed by atoms with Crippen LogP contribution in [0.5, 0.6) is 11.5 Å². The van der Waals surface area contributed by atoms with Crippen LogP contribution in [0.3, 0.4) is 0 Å². The largest absolute Gasteiger partial charge is 0.454 e. The molecule has 0 saturated heterocycles. The number of aromatic nitrogens is 2. The molecule has 27 heavy (non-hydrogen) atoms. The minimum atomic E-state index is -0.178. The highest BCUT2D eigenvalue weighted by Gasteiger charge is 2.14. The summed E-state index contributed by atoms with van der Waals surface area (Å²) in [7, 11) is 0. The second-order valence-electron chi connectivity index (χ2n) is 6.00. The summed E-state index contributed by atoms with van der Waals surface area (Å²) in [6, 6.07) is 9.71. The minimum Gasteiger partial charge on any atom is -0.454 e. The van der Waals surface area contributed by atoms with E-state index >= 15 is 0 Å². The third kappa shape index (κ3) is 4.01. The molecule has 4 rings (SSSR count). The molecule has 1 aliphatic rings. The first-order valence-electron chi connectivity index (χ1n) is 8.45. The van der Waals surface area contributed by atoms with E-state index in [0.29, 0.717) is 30.3 Å². The molecule has 0 unspecified atom stereocenters. The summed E-state index contributed by atoms with van der Waals surface area (Å²) in [5.74, 6) is 1.79. The van der Waals surface area contributed by atoms with Crippen LogP contribution < -0.4 is 20.1 Å². The Morgan fingerprint density at radius 2 is 2.11 bits per heavy atom. The second-order valence-corrected chi connectivity index (χ2v) is 7.03. The fraction of sp³-hybridized carbons (Fsp3) is 0.211. The van der Waals surface area contributed by atoms with Gasteiger partial charge in [-0.3, -0.25) is 4.79 Å². The van der Waals surface area contributed by atoms with Gasteiger partial charge in [0.25, 0.3) is 5.91 Å². The minimum absolute atomic E-state index is 0.178. The lowest BCUT2D eigenvalue weighted by Crippen LogP contribution is -2.24. The quantitative estimate of drug-likeness (QED) is 0.681. The SMILES string of the molecule is Cc1nc(NCc2ccc3c(c2)OCO3)ncc1C(=O)NCc1cccs1. The molecule has 0 spiro atoms. The van der Waals surface area contributed by atoms with Crippen molar-refractivity contribution in [2.24, 2.45) is 0 Å². The highest BCUT2D eigenvalue weighted by molar-refractivity contribution is 7.09. The van der Waals surface area contributed by atoms with Crippen LogP contribution >= 0.6 is 11.3 Å². The molecule has 0 radical (unpaired) electrons. The number of ether oxygens (including phenoxy) is 2. The Morgan fingerprint density at radius 3 is 2.93 bits per heavy atom. The maximum atomic E-state index is 12.3. The van der Waals surface area contributed by atoms with Gasteiger partial charge in [0.1, 0.15) is 0 Å². The van der Waals surface area contributed by atoms with Crippen LogP contribution in [-0.2, 0) is 13.1 Å². The lowest BCUT2D eigenvalue weighted by molar-refractivity contribution is 0.0950. The third-order valence-corrected chi connectivity index (χ3v) is 4.99. The van der Waals surface area contributed by atoms with Crippen LogP contribution in [-0.4, -0.2) is 22.7 Å². The molecule has 2 N–H and O–H groups in total. The molecule has 1 aromatic carbocycles. The third-order valence-electron chi connectivity index (χ3n) is 4.11. The summed E-state index contributed by atoms with van der Waals surface area (Å²) >= 11 is 1.61. The summed E-state index contributed by atoms with van der Waals surface area (Å²) in [5.41, 5.74) is 2.13. The lowest BCUT2D eigenvalue weighted by atomic mass is 10.2. The molecular weight excluding hydrogens is 364 g/mol. The van der Waals surface area contributed by atoms with Gasteiger partial charge < -0.3 is 20.1 Å². The van der Waals surface area contributed by atoms with Gasteiger partial charge in [0.2, 0.25) is 12.7 Å². The van der Waals surface area contributed by atoms with Gasteiger partial charge in [-0.05, 0) is 36.1 Å². The van der Waals surface area contributed by atoms with Gasteiger partial charge in [0.05, 0.1) is 17.8 Å². The Kier molecular flexibility index (Phi) is 4.88. The van der Waals surface area contributed by atoms with Crippen molar-refractivity contribution >= 4 is 23.2 Å². The summed E-state index contributed by atoms with van der Waals surface area (Å²) in [5, 5.41) is 8.04. The number of hydrogen-bond donors (Lipinski definition) is 2. The molecule has 0 aliphatic carbocycles. The summed E-state index contributed by atoms with van der Waals surface area (Å²) in [6.07, 6.45) is 1.55. The van der Waals surface area contributed by atoms with Gasteiger partial charge in [0, 0.05) is 17.6 Å². The van der Waals surface area contributed by atoms with E-state index in [0.717, 1.165) is 21.9 Å². The topological polar surface area (TPSA) is 85.4 Å². The number of amides is 1. The molecule has 7 nitrogen and oxygen atoms in total. The van der Waals surface area contributed by atoms with E-state index in [1.54, 1.807) is 24.5 Å². The number of carbonyl (C=O) groups excluding carboxylic acids is 1.